The van der Waals surface area contributed by atoms with Crippen molar-refractivity contribution in [3.63, 3.8) is 0 Å². The maximum atomic E-state index is 12.2. The molecule has 3 nitrogen and oxygen atoms in total. The molecule has 0 saturated carbocycles. The van der Waals surface area contributed by atoms with Crippen LogP contribution in [-0.2, 0) is 0 Å². The van der Waals surface area contributed by atoms with E-state index < -0.39 is 0 Å². The Bertz CT molecular complexity index is 886. The van der Waals surface area contributed by atoms with Crippen molar-refractivity contribution >= 4 is 35.3 Å². The molecule has 0 radical (unpaired) electrons. The van der Waals surface area contributed by atoms with Gasteiger partial charge in [-0.3, -0.25) is 4.79 Å². The summed E-state index contributed by atoms with van der Waals surface area (Å²) in [7, 11) is 0. The van der Waals surface area contributed by atoms with Gasteiger partial charge in [-0.15, -0.1) is 0 Å². The summed E-state index contributed by atoms with van der Waals surface area (Å²) in [6.07, 6.45) is 1.43. The highest BCUT2D eigenvalue weighted by molar-refractivity contribution is 6.38. The van der Waals surface area contributed by atoms with E-state index in [0.29, 0.717) is 21.2 Å². The third-order valence-electron chi connectivity index (χ3n) is 3.61. The molecule has 1 N–H and O–H groups in total. The molecule has 0 aliphatic heterocycles. The molecule has 1 amide bonds. The average molecular weight is 369 g/mol. The molecule has 0 spiro atoms. The fraction of sp³-hybridized carbons (Fsp3) is 0. The highest BCUT2D eigenvalue weighted by Gasteiger charge is 2.06. The van der Waals surface area contributed by atoms with E-state index in [1.807, 2.05) is 42.5 Å². The van der Waals surface area contributed by atoms with Crippen LogP contribution in [-0.4, -0.2) is 12.1 Å². The molecule has 3 rings (SSSR count). The third kappa shape index (κ3) is 4.27. The van der Waals surface area contributed by atoms with Gasteiger partial charge in [0.05, 0.1) is 16.3 Å². The molecule has 25 heavy (non-hydrogen) atoms. The first kappa shape index (κ1) is 17.2. The summed E-state index contributed by atoms with van der Waals surface area (Å²) in [5.41, 5.74) is 5.69. The summed E-state index contributed by atoms with van der Waals surface area (Å²) in [6, 6.07) is 22.4. The fourth-order valence-electron chi connectivity index (χ4n) is 2.30. The second kappa shape index (κ2) is 7.97. The van der Waals surface area contributed by atoms with E-state index in [0.717, 1.165) is 11.1 Å². The number of carbonyl (C=O) groups excluding carboxylic acids is 1. The van der Waals surface area contributed by atoms with Gasteiger partial charge in [0, 0.05) is 11.1 Å². The molecule has 124 valence electrons. The molecule has 0 bridgehead atoms. The summed E-state index contributed by atoms with van der Waals surface area (Å²) in [5, 5.41) is 4.87. The van der Waals surface area contributed by atoms with Crippen LogP contribution in [0.15, 0.2) is 77.9 Å². The molecule has 0 fully saturated rings. The van der Waals surface area contributed by atoms with E-state index in [1.54, 1.807) is 30.3 Å². The maximum Gasteiger partial charge on any atom is 0.271 e. The molecule has 0 aliphatic rings. The molecule has 0 saturated heterocycles. The first-order valence-corrected chi connectivity index (χ1v) is 8.33. The monoisotopic (exact) mass is 368 g/mol. The van der Waals surface area contributed by atoms with Crippen molar-refractivity contribution in [1.82, 2.24) is 5.43 Å². The lowest BCUT2D eigenvalue weighted by molar-refractivity contribution is 0.0955. The molecule has 0 aromatic heterocycles. The summed E-state index contributed by atoms with van der Waals surface area (Å²) in [6.45, 7) is 0. The predicted octanol–water partition coefficient (Wildman–Crippen LogP) is 5.42. The Morgan fingerprint density at radius 2 is 1.40 bits per heavy atom. The van der Waals surface area contributed by atoms with Gasteiger partial charge in [-0.2, -0.15) is 5.10 Å². The van der Waals surface area contributed by atoms with Crippen molar-refractivity contribution in [2.24, 2.45) is 5.10 Å². The highest BCUT2D eigenvalue weighted by atomic mass is 35.5. The standard InChI is InChI=1S/C20H14Cl2N2O/c21-18-7-4-8-19(22)17(18)13-23-24-20(25)16-11-9-15(10-12-16)14-5-2-1-3-6-14/h1-13H,(H,24,25)/b23-13+. The van der Waals surface area contributed by atoms with Crippen LogP contribution in [0.4, 0.5) is 0 Å². The molecule has 0 heterocycles. The van der Waals surface area contributed by atoms with Crippen LogP contribution in [0.2, 0.25) is 10.0 Å². The van der Waals surface area contributed by atoms with Gasteiger partial charge < -0.3 is 0 Å². The third-order valence-corrected chi connectivity index (χ3v) is 4.27. The number of benzene rings is 3. The van der Waals surface area contributed by atoms with Crippen LogP contribution in [0.5, 0.6) is 0 Å². The first-order chi connectivity index (χ1) is 12.1. The largest absolute Gasteiger partial charge is 0.271 e. The quantitative estimate of drug-likeness (QED) is 0.484. The average Bonchev–Trinajstić information content (AvgIpc) is 2.65. The second-order valence-corrected chi connectivity index (χ2v) is 6.09. The van der Waals surface area contributed by atoms with Crippen molar-refractivity contribution in [3.05, 3.63) is 94.0 Å². The van der Waals surface area contributed by atoms with Gasteiger partial charge in [0.25, 0.3) is 5.91 Å². The number of carbonyl (C=O) groups is 1. The van der Waals surface area contributed by atoms with E-state index >= 15 is 0 Å². The van der Waals surface area contributed by atoms with Crippen molar-refractivity contribution < 1.29 is 4.79 Å². The van der Waals surface area contributed by atoms with E-state index in [4.69, 9.17) is 23.2 Å². The Morgan fingerprint density at radius 3 is 2.04 bits per heavy atom. The Labute approximate surface area is 155 Å². The normalized spacial score (nSPS) is 10.8. The molecular weight excluding hydrogens is 355 g/mol. The zero-order chi connectivity index (χ0) is 17.6. The zero-order valence-corrected chi connectivity index (χ0v) is 14.6. The van der Waals surface area contributed by atoms with Crippen molar-refractivity contribution in [2.45, 2.75) is 0 Å². The summed E-state index contributed by atoms with van der Waals surface area (Å²) < 4.78 is 0. The van der Waals surface area contributed by atoms with E-state index in [1.165, 1.54) is 6.21 Å². The number of hydrogen-bond acceptors (Lipinski definition) is 2. The molecule has 5 heteroatoms. The number of halogens is 2. The topological polar surface area (TPSA) is 41.5 Å². The Kier molecular flexibility index (Phi) is 5.49. The van der Waals surface area contributed by atoms with Crippen LogP contribution in [0, 0.1) is 0 Å². The predicted molar refractivity (Wildman–Crippen MR) is 103 cm³/mol. The number of hydrogen-bond donors (Lipinski definition) is 1. The number of rotatable bonds is 4. The molecule has 0 unspecified atom stereocenters. The minimum absolute atomic E-state index is 0.306. The number of nitrogens with one attached hydrogen (secondary N) is 1. The maximum absolute atomic E-state index is 12.2. The number of amides is 1. The van der Waals surface area contributed by atoms with E-state index in [9.17, 15) is 4.79 Å². The lowest BCUT2D eigenvalue weighted by atomic mass is 10.0. The van der Waals surface area contributed by atoms with Crippen LogP contribution >= 0.6 is 23.2 Å². The number of nitrogens with zero attached hydrogens (tertiary/aromatic N) is 1. The molecular formula is C20H14Cl2N2O. The van der Waals surface area contributed by atoms with Gasteiger partial charge in [0.1, 0.15) is 0 Å². The van der Waals surface area contributed by atoms with Crippen LogP contribution in [0.3, 0.4) is 0 Å². The van der Waals surface area contributed by atoms with Crippen molar-refractivity contribution in [3.8, 4) is 11.1 Å². The van der Waals surface area contributed by atoms with Gasteiger partial charge in [0.15, 0.2) is 0 Å². The highest BCUT2D eigenvalue weighted by Crippen LogP contribution is 2.22. The SMILES string of the molecule is O=C(N/N=C/c1c(Cl)cccc1Cl)c1ccc(-c2ccccc2)cc1. The molecule has 0 atom stereocenters. The summed E-state index contributed by atoms with van der Waals surface area (Å²) >= 11 is 12.1. The summed E-state index contributed by atoms with van der Waals surface area (Å²) in [4.78, 5) is 12.2. The first-order valence-electron chi connectivity index (χ1n) is 7.58. The lowest BCUT2D eigenvalue weighted by Gasteiger charge is -2.04. The fourth-order valence-corrected chi connectivity index (χ4v) is 2.79. The van der Waals surface area contributed by atoms with Crippen LogP contribution in [0.25, 0.3) is 11.1 Å². The van der Waals surface area contributed by atoms with Crippen LogP contribution < -0.4 is 5.43 Å². The molecule has 3 aromatic rings. The minimum Gasteiger partial charge on any atom is -0.267 e. The Morgan fingerprint density at radius 1 is 0.800 bits per heavy atom. The van der Waals surface area contributed by atoms with Gasteiger partial charge in [-0.25, -0.2) is 5.43 Å². The smallest absolute Gasteiger partial charge is 0.267 e. The van der Waals surface area contributed by atoms with Crippen molar-refractivity contribution in [2.75, 3.05) is 0 Å². The minimum atomic E-state index is -0.306. The number of hydrazone groups is 1. The molecule has 3 aromatic carbocycles. The van der Waals surface area contributed by atoms with E-state index in [-0.39, 0.29) is 5.91 Å². The zero-order valence-electron chi connectivity index (χ0n) is 13.1. The molecule has 0 aliphatic carbocycles. The van der Waals surface area contributed by atoms with Gasteiger partial charge in [0.2, 0.25) is 0 Å². The van der Waals surface area contributed by atoms with Gasteiger partial charge >= 0.3 is 0 Å². The Balaban J connectivity index is 1.68. The second-order valence-electron chi connectivity index (χ2n) is 5.28. The van der Waals surface area contributed by atoms with Crippen LogP contribution in [0.1, 0.15) is 15.9 Å². The lowest BCUT2D eigenvalue weighted by Crippen LogP contribution is -2.17. The van der Waals surface area contributed by atoms with E-state index in [2.05, 4.69) is 10.5 Å². The van der Waals surface area contributed by atoms with Crippen molar-refractivity contribution in [1.29, 1.82) is 0 Å². The van der Waals surface area contributed by atoms with Gasteiger partial charge in [-0.05, 0) is 35.4 Å². The summed E-state index contributed by atoms with van der Waals surface area (Å²) in [5.74, 6) is -0.306. The Hall–Kier alpha value is -2.62. The van der Waals surface area contributed by atoms with Gasteiger partial charge in [-0.1, -0.05) is 71.7 Å².